The van der Waals surface area contributed by atoms with Gasteiger partial charge >= 0.3 is 0 Å². The number of hydrogen-bond donors (Lipinski definition) is 0. The molecule has 4 rings (SSSR count). The second-order valence-corrected chi connectivity index (χ2v) is 9.92. The lowest BCUT2D eigenvalue weighted by molar-refractivity contribution is -0.121. The van der Waals surface area contributed by atoms with E-state index in [9.17, 15) is 19.2 Å². The van der Waals surface area contributed by atoms with Gasteiger partial charge in [0.05, 0.1) is 4.91 Å². The predicted octanol–water partition coefficient (Wildman–Crippen LogP) is 3.42. The molecular formula is C25H24FN5O2S2. The SMILES string of the molecule is C=CCN1C(=O)/C(=C/c2c(C)c(C#N)c(=O)n(C)c2N2CCN(c3ccc(F)cc3)CC2)SC1=S. The lowest BCUT2D eigenvalue weighted by atomic mass is 10.0. The second-order valence-electron chi connectivity index (χ2n) is 8.24. The highest BCUT2D eigenvalue weighted by atomic mass is 32.2. The highest BCUT2D eigenvalue weighted by Gasteiger charge is 2.32. The van der Waals surface area contributed by atoms with E-state index in [1.165, 1.54) is 33.4 Å². The molecule has 3 heterocycles. The van der Waals surface area contributed by atoms with E-state index in [4.69, 9.17) is 12.2 Å². The van der Waals surface area contributed by atoms with Gasteiger partial charge in [-0.3, -0.25) is 19.1 Å². The molecule has 1 amide bonds. The molecule has 7 nitrogen and oxygen atoms in total. The Morgan fingerprint density at radius 2 is 1.80 bits per heavy atom. The zero-order valence-corrected chi connectivity index (χ0v) is 21.1. The van der Waals surface area contributed by atoms with E-state index in [0.29, 0.717) is 58.9 Å². The molecule has 35 heavy (non-hydrogen) atoms. The van der Waals surface area contributed by atoms with E-state index < -0.39 is 0 Å². The molecule has 0 bridgehead atoms. The molecule has 2 fully saturated rings. The summed E-state index contributed by atoms with van der Waals surface area (Å²) in [6.45, 7) is 8.27. The van der Waals surface area contributed by atoms with Gasteiger partial charge in [0.25, 0.3) is 11.5 Å². The van der Waals surface area contributed by atoms with Crippen molar-refractivity contribution in [3.8, 4) is 6.07 Å². The maximum absolute atomic E-state index is 13.3. The van der Waals surface area contributed by atoms with Crippen LogP contribution in [0.5, 0.6) is 0 Å². The molecule has 1 aromatic heterocycles. The Balaban J connectivity index is 1.73. The van der Waals surface area contributed by atoms with Gasteiger partial charge in [-0.15, -0.1) is 6.58 Å². The molecule has 0 aliphatic carbocycles. The monoisotopic (exact) mass is 509 g/mol. The molecule has 0 spiro atoms. The van der Waals surface area contributed by atoms with Gasteiger partial charge in [0.15, 0.2) is 0 Å². The number of nitrogens with zero attached hydrogens (tertiary/aromatic N) is 5. The van der Waals surface area contributed by atoms with Crippen LogP contribution in [-0.4, -0.2) is 52.4 Å². The Hall–Kier alpha value is -3.42. The van der Waals surface area contributed by atoms with Crippen LogP contribution < -0.4 is 15.4 Å². The minimum atomic E-state index is -0.377. The zero-order chi connectivity index (χ0) is 25.3. The fourth-order valence-corrected chi connectivity index (χ4v) is 5.60. The van der Waals surface area contributed by atoms with Gasteiger partial charge in [0.2, 0.25) is 0 Å². The summed E-state index contributed by atoms with van der Waals surface area (Å²) in [5, 5.41) is 9.65. The van der Waals surface area contributed by atoms with Crippen LogP contribution in [0.1, 0.15) is 16.7 Å². The first-order valence-corrected chi connectivity index (χ1v) is 12.2. The molecule has 2 aliphatic rings. The highest BCUT2D eigenvalue weighted by Crippen LogP contribution is 2.36. The fourth-order valence-electron chi connectivity index (χ4n) is 4.34. The van der Waals surface area contributed by atoms with Crippen molar-refractivity contribution in [1.29, 1.82) is 5.26 Å². The third kappa shape index (κ3) is 4.61. The molecule has 2 saturated heterocycles. The zero-order valence-electron chi connectivity index (χ0n) is 19.5. The van der Waals surface area contributed by atoms with Crippen molar-refractivity contribution < 1.29 is 9.18 Å². The normalized spacial score (nSPS) is 17.3. The van der Waals surface area contributed by atoms with Crippen LogP contribution in [0.4, 0.5) is 15.9 Å². The lowest BCUT2D eigenvalue weighted by Gasteiger charge is -2.38. The van der Waals surface area contributed by atoms with E-state index in [0.717, 1.165) is 5.69 Å². The van der Waals surface area contributed by atoms with Gasteiger partial charge in [-0.2, -0.15) is 5.26 Å². The Bertz CT molecular complexity index is 1340. The van der Waals surface area contributed by atoms with E-state index in [1.807, 2.05) is 6.07 Å². The third-order valence-electron chi connectivity index (χ3n) is 6.20. The first-order valence-electron chi connectivity index (χ1n) is 11.0. The molecule has 10 heteroatoms. The molecule has 0 atom stereocenters. The van der Waals surface area contributed by atoms with Crippen LogP contribution in [0, 0.1) is 24.1 Å². The largest absolute Gasteiger partial charge is 0.368 e. The van der Waals surface area contributed by atoms with Crippen LogP contribution in [0.25, 0.3) is 6.08 Å². The van der Waals surface area contributed by atoms with Crippen molar-refractivity contribution in [1.82, 2.24) is 9.47 Å². The van der Waals surface area contributed by atoms with Crippen molar-refractivity contribution in [2.45, 2.75) is 6.92 Å². The Kier molecular flexibility index (Phi) is 7.10. The van der Waals surface area contributed by atoms with Crippen molar-refractivity contribution in [2.75, 3.05) is 42.5 Å². The number of thiocarbonyl (C=S) groups is 1. The molecular weight excluding hydrogens is 485 g/mol. The van der Waals surface area contributed by atoms with Gasteiger partial charge in [-0.05, 0) is 42.8 Å². The minimum absolute atomic E-state index is 0.0500. The van der Waals surface area contributed by atoms with Gasteiger partial charge in [-0.25, -0.2) is 4.39 Å². The van der Waals surface area contributed by atoms with Gasteiger partial charge < -0.3 is 9.80 Å². The summed E-state index contributed by atoms with van der Waals surface area (Å²) < 4.78 is 15.2. The number of benzene rings is 1. The summed E-state index contributed by atoms with van der Waals surface area (Å²) in [5.41, 5.74) is 1.78. The number of pyridine rings is 1. The number of anilines is 2. The average molecular weight is 510 g/mol. The summed E-state index contributed by atoms with van der Waals surface area (Å²) in [5.74, 6) is 0.150. The Labute approximate surface area is 212 Å². The fraction of sp³-hybridized carbons (Fsp3) is 0.280. The van der Waals surface area contributed by atoms with Crippen molar-refractivity contribution >= 4 is 51.8 Å². The number of nitriles is 1. The van der Waals surface area contributed by atoms with Crippen LogP contribution >= 0.6 is 24.0 Å². The minimum Gasteiger partial charge on any atom is -0.368 e. The number of aromatic nitrogens is 1. The van der Waals surface area contributed by atoms with Crippen LogP contribution in [0.15, 0.2) is 46.6 Å². The molecule has 0 saturated carbocycles. The first-order chi connectivity index (χ1) is 16.8. The molecule has 180 valence electrons. The number of piperazine rings is 1. The van der Waals surface area contributed by atoms with Crippen LogP contribution in [0.3, 0.4) is 0 Å². The lowest BCUT2D eigenvalue weighted by Crippen LogP contribution is -2.48. The quantitative estimate of drug-likeness (QED) is 0.347. The molecule has 0 unspecified atom stereocenters. The maximum atomic E-state index is 13.3. The maximum Gasteiger partial charge on any atom is 0.270 e. The van der Waals surface area contributed by atoms with E-state index >= 15 is 0 Å². The summed E-state index contributed by atoms with van der Waals surface area (Å²) in [6.07, 6.45) is 3.35. The molecule has 1 aromatic carbocycles. The van der Waals surface area contributed by atoms with E-state index in [1.54, 1.807) is 38.3 Å². The van der Waals surface area contributed by atoms with Crippen LogP contribution in [0.2, 0.25) is 0 Å². The number of carbonyl (C=O) groups excluding carboxylic acids is 1. The van der Waals surface area contributed by atoms with Crippen molar-refractivity contribution in [3.05, 3.63) is 74.7 Å². The van der Waals surface area contributed by atoms with Gasteiger partial charge in [-0.1, -0.05) is 30.1 Å². The van der Waals surface area contributed by atoms with E-state index in [-0.39, 0.29) is 22.8 Å². The summed E-state index contributed by atoms with van der Waals surface area (Å²) in [6, 6.07) is 8.41. The van der Waals surface area contributed by atoms with Crippen LogP contribution in [-0.2, 0) is 11.8 Å². The predicted molar refractivity (Wildman–Crippen MR) is 142 cm³/mol. The number of halogens is 1. The number of rotatable bonds is 5. The smallest absolute Gasteiger partial charge is 0.270 e. The first kappa shape index (κ1) is 24.7. The number of amides is 1. The number of carbonyl (C=O) groups is 1. The topological polar surface area (TPSA) is 72.6 Å². The number of hydrogen-bond acceptors (Lipinski definition) is 7. The standard InChI is InChI=1S/C25H24FN5O2S2/c1-4-9-31-24(33)21(35-25(31)34)14-19-16(2)20(15-27)23(32)28(3)22(19)30-12-10-29(11-13-30)18-7-5-17(26)6-8-18/h4-8,14H,1,9-13H2,2-3H3/b21-14-. The van der Waals surface area contributed by atoms with Gasteiger partial charge in [0, 0.05) is 51.0 Å². The third-order valence-corrected chi connectivity index (χ3v) is 7.58. The summed E-state index contributed by atoms with van der Waals surface area (Å²) in [7, 11) is 1.64. The summed E-state index contributed by atoms with van der Waals surface area (Å²) in [4.78, 5) is 32.1. The molecule has 0 radical (unpaired) electrons. The van der Waals surface area contributed by atoms with Gasteiger partial charge in [0.1, 0.15) is 27.6 Å². The second kappa shape index (κ2) is 10.1. The molecule has 2 aromatic rings. The van der Waals surface area contributed by atoms with Crippen molar-refractivity contribution in [2.24, 2.45) is 7.05 Å². The average Bonchev–Trinajstić information content (AvgIpc) is 3.11. The molecule has 0 N–H and O–H groups in total. The highest BCUT2D eigenvalue weighted by molar-refractivity contribution is 8.26. The Morgan fingerprint density at radius 1 is 1.17 bits per heavy atom. The Morgan fingerprint density at radius 3 is 2.40 bits per heavy atom. The molecule has 2 aliphatic heterocycles. The summed E-state index contributed by atoms with van der Waals surface area (Å²) >= 11 is 6.56. The van der Waals surface area contributed by atoms with Crippen molar-refractivity contribution in [3.63, 3.8) is 0 Å². The van der Waals surface area contributed by atoms with E-state index in [2.05, 4.69) is 16.4 Å². The number of thioether (sulfide) groups is 1.